The molecule has 2 rings (SSSR count). The molecule has 1 N–H and O–H groups in total. The third kappa shape index (κ3) is 2.77. The van der Waals surface area contributed by atoms with Crippen LogP contribution in [-0.4, -0.2) is 45.4 Å². The van der Waals surface area contributed by atoms with Gasteiger partial charge < -0.3 is 10.2 Å². The van der Waals surface area contributed by atoms with Crippen molar-refractivity contribution in [2.24, 2.45) is 14.1 Å². The summed E-state index contributed by atoms with van der Waals surface area (Å²) in [6.07, 6.45) is 4.47. The van der Waals surface area contributed by atoms with Gasteiger partial charge in [0.2, 0.25) is 5.82 Å². The molecule has 0 bridgehead atoms. The third-order valence-corrected chi connectivity index (χ3v) is 4.04. The average Bonchev–Trinajstić information content (AvgIpc) is 2.43. The van der Waals surface area contributed by atoms with Crippen LogP contribution in [0.15, 0.2) is 9.59 Å². The Hall–Kier alpha value is -1.63. The summed E-state index contributed by atoms with van der Waals surface area (Å²) in [5, 5.41) is 7.31. The lowest BCUT2D eigenvalue weighted by atomic mass is 9.89. The van der Waals surface area contributed by atoms with Gasteiger partial charge in [-0.3, -0.25) is 9.36 Å². The van der Waals surface area contributed by atoms with Crippen molar-refractivity contribution in [2.75, 3.05) is 19.4 Å². The summed E-state index contributed by atoms with van der Waals surface area (Å²) >= 11 is 0. The molecule has 0 radical (unpaired) electrons. The molecule has 0 amide bonds. The first kappa shape index (κ1) is 14.8. The normalized spacial score (nSPS) is 23.1. The minimum atomic E-state index is -0.409. The first-order valence-corrected chi connectivity index (χ1v) is 6.99. The Balaban J connectivity index is 2.29. The summed E-state index contributed by atoms with van der Waals surface area (Å²) in [5.41, 5.74) is -0.774. The van der Waals surface area contributed by atoms with Gasteiger partial charge in [-0.05, 0) is 26.9 Å². The molecule has 20 heavy (non-hydrogen) atoms. The van der Waals surface area contributed by atoms with Gasteiger partial charge in [-0.25, -0.2) is 9.48 Å². The molecule has 0 spiro atoms. The number of nitrogens with zero attached hydrogens (tertiary/aromatic N) is 4. The average molecular weight is 281 g/mol. The van der Waals surface area contributed by atoms with Crippen molar-refractivity contribution in [3.05, 3.63) is 20.8 Å². The van der Waals surface area contributed by atoms with Crippen LogP contribution in [0.5, 0.6) is 0 Å². The minimum absolute atomic E-state index is 0.191. The van der Waals surface area contributed by atoms with Crippen LogP contribution in [0.1, 0.15) is 25.7 Å². The fraction of sp³-hybridized carbons (Fsp3) is 0.769. The molecule has 1 aromatic rings. The molecule has 2 atom stereocenters. The van der Waals surface area contributed by atoms with Crippen LogP contribution in [0.2, 0.25) is 0 Å². The fourth-order valence-electron chi connectivity index (χ4n) is 2.86. The highest BCUT2D eigenvalue weighted by molar-refractivity contribution is 5.32. The summed E-state index contributed by atoms with van der Waals surface area (Å²) in [6, 6.07) is 0.573. The zero-order chi connectivity index (χ0) is 14.9. The number of rotatable bonds is 3. The van der Waals surface area contributed by atoms with E-state index < -0.39 is 5.69 Å². The van der Waals surface area contributed by atoms with Gasteiger partial charge in [-0.2, -0.15) is 0 Å². The summed E-state index contributed by atoms with van der Waals surface area (Å²) in [4.78, 5) is 25.9. The quantitative estimate of drug-likeness (QED) is 0.828. The predicted molar refractivity (Wildman–Crippen MR) is 78.1 cm³/mol. The van der Waals surface area contributed by atoms with Crippen LogP contribution in [0.25, 0.3) is 0 Å². The highest BCUT2D eigenvalue weighted by Gasteiger charge is 2.27. The minimum Gasteiger partial charge on any atom is -0.360 e. The van der Waals surface area contributed by atoms with Crippen LogP contribution in [-0.2, 0) is 14.1 Å². The standard InChI is InChI=1S/C13H23N5O2/c1-16(2)10-8-6-5-7-9(10)14-11-12(19)17(3)13(20)18(4)15-11/h9-10H,5-8H2,1-4H3,(H,14,15)/t9-,10-/m1/s1. The van der Waals surface area contributed by atoms with E-state index in [9.17, 15) is 9.59 Å². The second-order valence-corrected chi connectivity index (χ2v) is 5.69. The van der Waals surface area contributed by atoms with E-state index in [4.69, 9.17) is 0 Å². The summed E-state index contributed by atoms with van der Waals surface area (Å²) < 4.78 is 2.28. The highest BCUT2D eigenvalue weighted by atomic mass is 16.2. The van der Waals surface area contributed by atoms with Gasteiger partial charge in [0.25, 0.3) is 5.56 Å². The second-order valence-electron chi connectivity index (χ2n) is 5.69. The van der Waals surface area contributed by atoms with Crippen molar-refractivity contribution in [3.8, 4) is 0 Å². The van der Waals surface area contributed by atoms with Crippen LogP contribution >= 0.6 is 0 Å². The van der Waals surface area contributed by atoms with Gasteiger partial charge in [-0.15, -0.1) is 5.10 Å². The molecule has 112 valence electrons. The molecule has 1 fully saturated rings. The highest BCUT2D eigenvalue weighted by Crippen LogP contribution is 2.23. The Kier molecular flexibility index (Phi) is 4.27. The number of aromatic nitrogens is 3. The number of likely N-dealkylation sites (N-methyl/N-ethyl adjacent to an activating group) is 1. The molecule has 0 saturated heterocycles. The van der Waals surface area contributed by atoms with Gasteiger partial charge in [0.05, 0.1) is 0 Å². The molecule has 1 aromatic heterocycles. The van der Waals surface area contributed by atoms with E-state index >= 15 is 0 Å². The fourth-order valence-corrected chi connectivity index (χ4v) is 2.86. The molecule has 7 nitrogen and oxygen atoms in total. The van der Waals surface area contributed by atoms with Gasteiger partial charge in [0.1, 0.15) is 0 Å². The molecule has 1 aliphatic rings. The van der Waals surface area contributed by atoms with Crippen molar-refractivity contribution in [2.45, 2.75) is 37.8 Å². The van der Waals surface area contributed by atoms with E-state index in [0.29, 0.717) is 6.04 Å². The van der Waals surface area contributed by atoms with Gasteiger partial charge in [0.15, 0.2) is 0 Å². The number of nitrogens with one attached hydrogen (secondary N) is 1. The molecular weight excluding hydrogens is 258 g/mol. The third-order valence-electron chi connectivity index (χ3n) is 4.04. The lowest BCUT2D eigenvalue weighted by molar-refractivity contribution is 0.211. The van der Waals surface area contributed by atoms with Crippen molar-refractivity contribution < 1.29 is 0 Å². The number of anilines is 1. The van der Waals surface area contributed by atoms with E-state index in [-0.39, 0.29) is 17.4 Å². The zero-order valence-corrected chi connectivity index (χ0v) is 12.6. The monoisotopic (exact) mass is 281 g/mol. The van der Waals surface area contributed by atoms with Gasteiger partial charge >= 0.3 is 5.69 Å². The largest absolute Gasteiger partial charge is 0.360 e. The van der Waals surface area contributed by atoms with E-state index in [1.807, 2.05) is 0 Å². The number of aryl methyl sites for hydroxylation is 1. The Labute approximate surface area is 118 Å². The predicted octanol–water partition coefficient (Wildman–Crippen LogP) is -0.236. The van der Waals surface area contributed by atoms with Gasteiger partial charge in [0, 0.05) is 26.2 Å². The Morgan fingerprint density at radius 1 is 1.20 bits per heavy atom. The summed E-state index contributed by atoms with van der Waals surface area (Å²) in [7, 11) is 7.13. The van der Waals surface area contributed by atoms with E-state index in [2.05, 4.69) is 29.4 Å². The maximum atomic E-state index is 12.1. The summed E-state index contributed by atoms with van der Waals surface area (Å²) in [5.74, 6) is 0.258. The van der Waals surface area contributed by atoms with Crippen LogP contribution in [0, 0.1) is 0 Å². The Morgan fingerprint density at radius 2 is 1.85 bits per heavy atom. The Morgan fingerprint density at radius 3 is 2.50 bits per heavy atom. The number of hydrogen-bond donors (Lipinski definition) is 1. The first-order valence-electron chi connectivity index (χ1n) is 6.99. The summed E-state index contributed by atoms with van der Waals surface area (Å²) in [6.45, 7) is 0. The number of hydrogen-bond acceptors (Lipinski definition) is 5. The molecule has 1 heterocycles. The zero-order valence-electron chi connectivity index (χ0n) is 12.6. The molecule has 1 aliphatic carbocycles. The maximum Gasteiger partial charge on any atom is 0.346 e. The second kappa shape index (κ2) is 5.78. The van der Waals surface area contributed by atoms with Crippen molar-refractivity contribution >= 4 is 5.82 Å². The van der Waals surface area contributed by atoms with E-state index in [0.717, 1.165) is 23.8 Å². The maximum absolute atomic E-state index is 12.1. The van der Waals surface area contributed by atoms with Gasteiger partial charge in [-0.1, -0.05) is 12.8 Å². The van der Waals surface area contributed by atoms with Crippen molar-refractivity contribution in [1.82, 2.24) is 19.2 Å². The van der Waals surface area contributed by atoms with Crippen molar-refractivity contribution in [3.63, 3.8) is 0 Å². The molecular formula is C13H23N5O2. The van der Waals surface area contributed by atoms with Crippen LogP contribution in [0.3, 0.4) is 0 Å². The Bertz CT molecular complexity index is 589. The van der Waals surface area contributed by atoms with Crippen LogP contribution < -0.4 is 16.6 Å². The van der Waals surface area contributed by atoms with E-state index in [1.54, 1.807) is 7.05 Å². The lowest BCUT2D eigenvalue weighted by Gasteiger charge is -2.36. The molecule has 0 aromatic carbocycles. The van der Waals surface area contributed by atoms with E-state index in [1.165, 1.54) is 18.2 Å². The first-order chi connectivity index (χ1) is 9.41. The molecule has 1 saturated carbocycles. The molecule has 7 heteroatoms. The smallest absolute Gasteiger partial charge is 0.346 e. The SMILES string of the molecule is CN(C)[C@@H]1CCCC[C@H]1Nc1nn(C)c(=O)n(C)c1=O. The van der Waals surface area contributed by atoms with Crippen molar-refractivity contribution in [1.29, 1.82) is 0 Å². The van der Waals surface area contributed by atoms with Crippen LogP contribution in [0.4, 0.5) is 5.82 Å². The molecule has 0 unspecified atom stereocenters. The lowest BCUT2D eigenvalue weighted by Crippen LogP contribution is -2.48. The topological polar surface area (TPSA) is 72.2 Å². The molecule has 0 aliphatic heterocycles.